The van der Waals surface area contributed by atoms with E-state index in [1.165, 1.54) is 25.9 Å². The maximum atomic E-state index is 9.60. The maximum absolute atomic E-state index is 9.60. The van der Waals surface area contributed by atoms with Crippen LogP contribution in [0.2, 0.25) is 0 Å². The van der Waals surface area contributed by atoms with Crippen LogP contribution in [0.15, 0.2) is 0 Å². The molecule has 2 atom stereocenters. The highest BCUT2D eigenvalue weighted by atomic mass is 16.3. The fourth-order valence-electron chi connectivity index (χ4n) is 3.06. The summed E-state index contributed by atoms with van der Waals surface area (Å²) < 4.78 is 0. The van der Waals surface area contributed by atoms with E-state index in [9.17, 15) is 5.11 Å². The van der Waals surface area contributed by atoms with Crippen LogP contribution in [0.1, 0.15) is 46.5 Å². The number of likely N-dealkylation sites (N-methyl/N-ethyl adjacent to an activating group) is 2. The molecule has 1 aliphatic heterocycles. The highest BCUT2D eigenvalue weighted by Crippen LogP contribution is 2.18. The lowest BCUT2D eigenvalue weighted by Crippen LogP contribution is -2.48. The summed E-state index contributed by atoms with van der Waals surface area (Å²) in [5, 5.41) is 13.1. The number of hydrogen-bond donors (Lipinski definition) is 2. The zero-order valence-corrected chi connectivity index (χ0v) is 14.0. The number of rotatable bonds is 10. The summed E-state index contributed by atoms with van der Waals surface area (Å²) in [7, 11) is 2.21. The molecule has 0 aromatic heterocycles. The van der Waals surface area contributed by atoms with Gasteiger partial charge in [-0.3, -0.25) is 4.90 Å². The minimum Gasteiger partial charge on any atom is -0.394 e. The van der Waals surface area contributed by atoms with E-state index in [2.05, 4.69) is 42.9 Å². The quantitative estimate of drug-likeness (QED) is 0.639. The van der Waals surface area contributed by atoms with Crippen molar-refractivity contribution in [3.8, 4) is 0 Å². The molecule has 1 fully saturated rings. The predicted molar refractivity (Wildman–Crippen MR) is 86.2 cm³/mol. The molecule has 1 aliphatic rings. The number of hydrogen-bond acceptors (Lipinski definition) is 4. The second kappa shape index (κ2) is 8.98. The smallest absolute Gasteiger partial charge is 0.0611 e. The highest BCUT2D eigenvalue weighted by molar-refractivity contribution is 4.85. The molecule has 0 amide bonds. The Morgan fingerprint density at radius 3 is 2.75 bits per heavy atom. The van der Waals surface area contributed by atoms with Crippen molar-refractivity contribution in [3.05, 3.63) is 0 Å². The molecule has 0 radical (unpaired) electrons. The SMILES string of the molecule is CCCNC(C)(CO)CCN(C)CC1CCCN1CC. The topological polar surface area (TPSA) is 38.7 Å². The standard InChI is InChI=1S/C16H35N3O/c1-5-10-17-16(3,14-20)9-12-18(4)13-15-8-7-11-19(15)6-2/h15,17,20H,5-14H2,1-4H3. The monoisotopic (exact) mass is 285 g/mol. The zero-order chi connectivity index (χ0) is 15.0. The van der Waals surface area contributed by atoms with Crippen molar-refractivity contribution in [3.63, 3.8) is 0 Å². The van der Waals surface area contributed by atoms with Gasteiger partial charge >= 0.3 is 0 Å². The van der Waals surface area contributed by atoms with E-state index in [0.29, 0.717) is 0 Å². The predicted octanol–water partition coefficient (Wildman–Crippen LogP) is 1.54. The first-order valence-electron chi connectivity index (χ1n) is 8.33. The van der Waals surface area contributed by atoms with Crippen LogP contribution in [0.5, 0.6) is 0 Å². The first kappa shape index (κ1) is 17.9. The minimum atomic E-state index is -0.135. The normalized spacial score (nSPS) is 23.4. The number of nitrogens with zero attached hydrogens (tertiary/aromatic N) is 2. The van der Waals surface area contributed by atoms with Gasteiger partial charge in [-0.05, 0) is 65.8 Å². The molecule has 120 valence electrons. The lowest BCUT2D eigenvalue weighted by molar-refractivity contribution is 0.140. The average molecular weight is 285 g/mol. The van der Waals surface area contributed by atoms with Gasteiger partial charge in [-0.25, -0.2) is 0 Å². The van der Waals surface area contributed by atoms with Gasteiger partial charge in [-0.1, -0.05) is 13.8 Å². The molecule has 0 spiro atoms. The Hall–Kier alpha value is -0.160. The molecule has 1 heterocycles. The van der Waals surface area contributed by atoms with Gasteiger partial charge in [0.15, 0.2) is 0 Å². The molecular weight excluding hydrogens is 250 g/mol. The van der Waals surface area contributed by atoms with Gasteiger partial charge in [0.05, 0.1) is 6.61 Å². The second-order valence-electron chi connectivity index (χ2n) is 6.58. The molecule has 4 heteroatoms. The third-order valence-electron chi connectivity index (χ3n) is 4.62. The maximum Gasteiger partial charge on any atom is 0.0611 e. The molecule has 0 aromatic carbocycles. The molecule has 1 saturated heterocycles. The number of nitrogens with one attached hydrogen (secondary N) is 1. The number of likely N-dealkylation sites (tertiary alicyclic amines) is 1. The van der Waals surface area contributed by atoms with E-state index in [1.807, 2.05) is 0 Å². The van der Waals surface area contributed by atoms with Crippen molar-refractivity contribution in [1.82, 2.24) is 15.1 Å². The summed E-state index contributed by atoms with van der Waals surface area (Å²) in [5.41, 5.74) is -0.135. The summed E-state index contributed by atoms with van der Waals surface area (Å²) >= 11 is 0. The van der Waals surface area contributed by atoms with Gasteiger partial charge in [0.2, 0.25) is 0 Å². The van der Waals surface area contributed by atoms with E-state index in [-0.39, 0.29) is 12.1 Å². The summed E-state index contributed by atoms with van der Waals surface area (Å²) in [6.07, 6.45) is 4.79. The Morgan fingerprint density at radius 2 is 2.15 bits per heavy atom. The molecule has 1 rings (SSSR count). The van der Waals surface area contributed by atoms with Crippen LogP contribution in [-0.2, 0) is 0 Å². The Balaban J connectivity index is 2.32. The fourth-order valence-corrected chi connectivity index (χ4v) is 3.06. The van der Waals surface area contributed by atoms with Crippen LogP contribution < -0.4 is 5.32 Å². The summed E-state index contributed by atoms with van der Waals surface area (Å²) in [5.74, 6) is 0. The Kier molecular flexibility index (Phi) is 8.03. The van der Waals surface area contributed by atoms with Crippen molar-refractivity contribution >= 4 is 0 Å². The van der Waals surface area contributed by atoms with E-state index >= 15 is 0 Å². The van der Waals surface area contributed by atoms with E-state index in [4.69, 9.17) is 0 Å². The lowest BCUT2D eigenvalue weighted by atomic mass is 9.98. The Bertz CT molecular complexity index is 262. The van der Waals surface area contributed by atoms with Crippen molar-refractivity contribution in [2.75, 3.05) is 46.4 Å². The number of aliphatic hydroxyl groups is 1. The highest BCUT2D eigenvalue weighted by Gasteiger charge is 2.26. The lowest BCUT2D eigenvalue weighted by Gasteiger charge is -2.33. The van der Waals surface area contributed by atoms with Crippen molar-refractivity contribution in [1.29, 1.82) is 0 Å². The molecule has 0 aliphatic carbocycles. The molecule has 0 saturated carbocycles. The van der Waals surface area contributed by atoms with Crippen LogP contribution in [0.25, 0.3) is 0 Å². The van der Waals surface area contributed by atoms with E-state index in [0.717, 1.165) is 38.5 Å². The third-order valence-corrected chi connectivity index (χ3v) is 4.62. The van der Waals surface area contributed by atoms with Gasteiger partial charge in [0.25, 0.3) is 0 Å². The summed E-state index contributed by atoms with van der Waals surface area (Å²) in [6.45, 7) is 12.4. The van der Waals surface area contributed by atoms with Crippen LogP contribution >= 0.6 is 0 Å². The molecule has 20 heavy (non-hydrogen) atoms. The summed E-state index contributed by atoms with van der Waals surface area (Å²) in [4.78, 5) is 5.03. The summed E-state index contributed by atoms with van der Waals surface area (Å²) in [6, 6.07) is 0.731. The van der Waals surface area contributed by atoms with Gasteiger partial charge in [-0.15, -0.1) is 0 Å². The van der Waals surface area contributed by atoms with Crippen molar-refractivity contribution in [2.24, 2.45) is 0 Å². The van der Waals surface area contributed by atoms with Crippen LogP contribution in [-0.4, -0.2) is 72.9 Å². The van der Waals surface area contributed by atoms with Crippen LogP contribution in [0.4, 0.5) is 0 Å². The largest absolute Gasteiger partial charge is 0.394 e. The van der Waals surface area contributed by atoms with Gasteiger partial charge in [0.1, 0.15) is 0 Å². The zero-order valence-electron chi connectivity index (χ0n) is 14.0. The second-order valence-corrected chi connectivity index (χ2v) is 6.58. The van der Waals surface area contributed by atoms with Crippen LogP contribution in [0.3, 0.4) is 0 Å². The fraction of sp³-hybridized carbons (Fsp3) is 1.00. The molecular formula is C16H35N3O. The Morgan fingerprint density at radius 1 is 1.40 bits per heavy atom. The van der Waals surface area contributed by atoms with Gasteiger partial charge in [-0.2, -0.15) is 0 Å². The van der Waals surface area contributed by atoms with E-state index < -0.39 is 0 Å². The molecule has 0 aromatic rings. The van der Waals surface area contributed by atoms with Crippen LogP contribution in [0, 0.1) is 0 Å². The first-order valence-corrected chi connectivity index (χ1v) is 8.33. The Labute approximate surface area is 125 Å². The molecule has 4 nitrogen and oxygen atoms in total. The van der Waals surface area contributed by atoms with Gasteiger partial charge in [0, 0.05) is 18.1 Å². The molecule has 0 bridgehead atoms. The van der Waals surface area contributed by atoms with Crippen molar-refractivity contribution < 1.29 is 5.11 Å². The van der Waals surface area contributed by atoms with E-state index in [1.54, 1.807) is 0 Å². The molecule has 2 N–H and O–H groups in total. The minimum absolute atomic E-state index is 0.135. The average Bonchev–Trinajstić information content (AvgIpc) is 2.90. The first-order chi connectivity index (χ1) is 9.54. The van der Waals surface area contributed by atoms with Gasteiger partial charge < -0.3 is 15.3 Å². The molecule has 2 unspecified atom stereocenters. The third kappa shape index (κ3) is 5.68. The van der Waals surface area contributed by atoms with Crippen molar-refractivity contribution in [2.45, 2.75) is 58.0 Å². The number of aliphatic hydroxyl groups excluding tert-OH is 1.